The second-order valence-electron chi connectivity index (χ2n) is 5.59. The normalized spacial score (nSPS) is 17.3. The third kappa shape index (κ3) is 2.48. The Hall–Kier alpha value is -3.28. The van der Waals surface area contributed by atoms with Crippen molar-refractivity contribution in [2.45, 2.75) is 12.5 Å². The molecule has 6 nitrogen and oxygen atoms in total. The highest BCUT2D eigenvalue weighted by Crippen LogP contribution is 2.24. The van der Waals surface area contributed by atoms with Crippen LogP contribution in [-0.2, 0) is 11.2 Å². The van der Waals surface area contributed by atoms with Crippen molar-refractivity contribution in [3.8, 4) is 0 Å². The maximum absolute atomic E-state index is 12.7. The summed E-state index contributed by atoms with van der Waals surface area (Å²) >= 11 is 0. The Morgan fingerprint density at radius 3 is 2.50 bits per heavy atom. The van der Waals surface area contributed by atoms with Crippen LogP contribution in [0.5, 0.6) is 0 Å². The fraction of sp³-hybridized carbons (Fsp3) is 0.111. The van der Waals surface area contributed by atoms with Gasteiger partial charge in [0.25, 0.3) is 5.91 Å². The summed E-state index contributed by atoms with van der Waals surface area (Å²) in [7, 11) is 0. The average Bonchev–Trinajstić information content (AvgIpc) is 2.89. The molecule has 2 heterocycles. The number of urea groups is 1. The Balaban J connectivity index is 1.63. The van der Waals surface area contributed by atoms with Crippen LogP contribution in [0, 0.1) is 0 Å². The largest absolute Gasteiger partial charge is 0.329 e. The maximum atomic E-state index is 12.7. The number of nitrogens with one attached hydrogen (secondary N) is 1. The van der Waals surface area contributed by atoms with E-state index < -0.39 is 12.1 Å². The lowest BCUT2D eigenvalue weighted by atomic mass is 10.1. The molecule has 1 aromatic heterocycles. The monoisotopic (exact) mass is 318 g/mol. The fourth-order valence-corrected chi connectivity index (χ4v) is 2.85. The van der Waals surface area contributed by atoms with Crippen molar-refractivity contribution in [3.63, 3.8) is 0 Å². The summed E-state index contributed by atoms with van der Waals surface area (Å²) in [4.78, 5) is 34.5. The summed E-state index contributed by atoms with van der Waals surface area (Å²) in [5.74, 6) is -0.257. The zero-order valence-corrected chi connectivity index (χ0v) is 12.7. The molecule has 1 aliphatic rings. The van der Waals surface area contributed by atoms with Crippen molar-refractivity contribution < 1.29 is 9.59 Å². The van der Waals surface area contributed by atoms with Gasteiger partial charge in [-0.3, -0.25) is 14.8 Å². The van der Waals surface area contributed by atoms with Gasteiger partial charge < -0.3 is 5.32 Å². The first-order valence-corrected chi connectivity index (χ1v) is 7.61. The quantitative estimate of drug-likeness (QED) is 0.752. The van der Waals surface area contributed by atoms with Gasteiger partial charge in [0.2, 0.25) is 0 Å². The number of carbonyl (C=O) groups is 2. The summed E-state index contributed by atoms with van der Waals surface area (Å²) < 4.78 is 0. The highest BCUT2D eigenvalue weighted by atomic mass is 16.2. The van der Waals surface area contributed by atoms with Crippen LogP contribution in [-0.4, -0.2) is 27.9 Å². The number of aromatic nitrogens is 2. The molecule has 0 radical (unpaired) electrons. The zero-order valence-electron chi connectivity index (χ0n) is 12.7. The van der Waals surface area contributed by atoms with Crippen molar-refractivity contribution >= 4 is 28.7 Å². The molecule has 3 aromatic rings. The second kappa shape index (κ2) is 5.73. The fourth-order valence-electron chi connectivity index (χ4n) is 2.85. The van der Waals surface area contributed by atoms with Gasteiger partial charge in [0.15, 0.2) is 0 Å². The molecule has 0 unspecified atom stereocenters. The highest BCUT2D eigenvalue weighted by molar-refractivity contribution is 6.21. The van der Waals surface area contributed by atoms with Gasteiger partial charge in [0.05, 0.1) is 16.7 Å². The summed E-state index contributed by atoms with van der Waals surface area (Å²) in [5, 5.41) is 2.75. The van der Waals surface area contributed by atoms with Gasteiger partial charge in [-0.2, -0.15) is 0 Å². The van der Waals surface area contributed by atoms with Crippen LogP contribution < -0.4 is 10.2 Å². The molecule has 3 amide bonds. The van der Waals surface area contributed by atoms with Gasteiger partial charge in [-0.15, -0.1) is 0 Å². The van der Waals surface area contributed by atoms with Crippen molar-refractivity contribution in [3.05, 3.63) is 66.5 Å². The van der Waals surface area contributed by atoms with E-state index in [0.717, 1.165) is 5.56 Å². The van der Waals surface area contributed by atoms with Crippen LogP contribution >= 0.6 is 0 Å². The molecule has 1 N–H and O–H groups in total. The van der Waals surface area contributed by atoms with Crippen LogP contribution in [0.25, 0.3) is 11.0 Å². The van der Waals surface area contributed by atoms with Gasteiger partial charge in [-0.1, -0.05) is 30.3 Å². The number of anilines is 1. The molecule has 1 aliphatic heterocycles. The topological polar surface area (TPSA) is 75.2 Å². The number of rotatable bonds is 3. The maximum Gasteiger partial charge on any atom is 0.329 e. The first kappa shape index (κ1) is 14.3. The number of benzene rings is 2. The van der Waals surface area contributed by atoms with Crippen LogP contribution in [0.3, 0.4) is 0 Å². The van der Waals surface area contributed by atoms with Crippen LogP contribution in [0.2, 0.25) is 0 Å². The van der Waals surface area contributed by atoms with Gasteiger partial charge >= 0.3 is 6.03 Å². The van der Waals surface area contributed by atoms with Crippen molar-refractivity contribution in [1.82, 2.24) is 15.3 Å². The molecule has 1 fully saturated rings. The molecule has 0 spiro atoms. The van der Waals surface area contributed by atoms with Crippen molar-refractivity contribution in [2.24, 2.45) is 0 Å². The van der Waals surface area contributed by atoms with Gasteiger partial charge in [0.1, 0.15) is 6.04 Å². The van der Waals surface area contributed by atoms with E-state index in [4.69, 9.17) is 0 Å². The molecule has 0 aliphatic carbocycles. The molecule has 4 rings (SSSR count). The van der Waals surface area contributed by atoms with E-state index in [1.54, 1.807) is 30.6 Å². The summed E-state index contributed by atoms with van der Waals surface area (Å²) in [5.41, 5.74) is 2.86. The van der Waals surface area contributed by atoms with Gasteiger partial charge in [-0.05, 0) is 23.8 Å². The van der Waals surface area contributed by atoms with E-state index in [-0.39, 0.29) is 5.91 Å². The van der Waals surface area contributed by atoms with E-state index in [2.05, 4.69) is 15.3 Å². The van der Waals surface area contributed by atoms with E-state index in [0.29, 0.717) is 23.1 Å². The molecule has 118 valence electrons. The van der Waals surface area contributed by atoms with E-state index in [1.165, 1.54) is 4.90 Å². The number of hydrogen-bond acceptors (Lipinski definition) is 4. The molecule has 0 bridgehead atoms. The van der Waals surface area contributed by atoms with E-state index in [9.17, 15) is 9.59 Å². The Morgan fingerprint density at radius 1 is 0.958 bits per heavy atom. The molecule has 0 saturated carbocycles. The van der Waals surface area contributed by atoms with E-state index in [1.807, 2.05) is 30.3 Å². The van der Waals surface area contributed by atoms with Crippen LogP contribution in [0.1, 0.15) is 5.56 Å². The smallest absolute Gasteiger partial charge is 0.325 e. The lowest BCUT2D eigenvalue weighted by Crippen LogP contribution is -2.32. The number of fused-ring (bicyclic) bond motifs is 1. The zero-order chi connectivity index (χ0) is 16.5. The SMILES string of the molecule is O=C1N[C@@H](Cc2ccccc2)C(=O)N1c1ccc2nccnc2c1. The Bertz CT molecular complexity index is 926. The Labute approximate surface area is 138 Å². The number of imide groups is 1. The minimum atomic E-state index is -0.558. The molecule has 24 heavy (non-hydrogen) atoms. The van der Waals surface area contributed by atoms with Gasteiger partial charge in [0, 0.05) is 18.8 Å². The minimum Gasteiger partial charge on any atom is -0.325 e. The lowest BCUT2D eigenvalue weighted by Gasteiger charge is -2.13. The standard InChI is InChI=1S/C18H14N4O2/c23-17-16(10-12-4-2-1-3-5-12)21-18(24)22(17)13-6-7-14-15(11-13)20-9-8-19-14/h1-9,11,16H,10H2,(H,21,24)/t16-/m0/s1. The third-order valence-corrected chi connectivity index (χ3v) is 4.01. The first-order chi connectivity index (χ1) is 11.7. The first-order valence-electron chi connectivity index (χ1n) is 7.61. The summed E-state index contributed by atoms with van der Waals surface area (Å²) in [6, 6.07) is 13.8. The van der Waals surface area contributed by atoms with Crippen LogP contribution in [0.4, 0.5) is 10.5 Å². The summed E-state index contributed by atoms with van der Waals surface area (Å²) in [6.45, 7) is 0. The van der Waals surface area contributed by atoms with E-state index >= 15 is 0 Å². The molecule has 1 saturated heterocycles. The summed E-state index contributed by atoms with van der Waals surface area (Å²) in [6.07, 6.45) is 3.65. The Morgan fingerprint density at radius 2 is 1.71 bits per heavy atom. The second-order valence-corrected chi connectivity index (χ2v) is 5.59. The average molecular weight is 318 g/mol. The van der Waals surface area contributed by atoms with Crippen molar-refractivity contribution in [1.29, 1.82) is 0 Å². The van der Waals surface area contributed by atoms with Crippen LogP contribution in [0.15, 0.2) is 60.9 Å². The number of carbonyl (C=O) groups excluding carboxylic acids is 2. The molecule has 2 aromatic carbocycles. The number of hydrogen-bond donors (Lipinski definition) is 1. The highest BCUT2D eigenvalue weighted by Gasteiger charge is 2.39. The van der Waals surface area contributed by atoms with Crippen molar-refractivity contribution in [2.75, 3.05) is 4.90 Å². The minimum absolute atomic E-state index is 0.257. The predicted molar refractivity (Wildman–Crippen MR) is 89.5 cm³/mol. The number of amides is 3. The third-order valence-electron chi connectivity index (χ3n) is 4.01. The number of nitrogens with zero attached hydrogens (tertiary/aromatic N) is 3. The molecule has 1 atom stereocenters. The lowest BCUT2D eigenvalue weighted by molar-refractivity contribution is -0.118. The Kier molecular flexibility index (Phi) is 3.42. The predicted octanol–water partition coefficient (Wildman–Crippen LogP) is 2.30. The van der Waals surface area contributed by atoms with Gasteiger partial charge in [-0.25, -0.2) is 9.69 Å². The molecular formula is C18H14N4O2. The molecular weight excluding hydrogens is 304 g/mol. The molecule has 6 heteroatoms.